The first kappa shape index (κ1) is 16.8. The van der Waals surface area contributed by atoms with Crippen LogP contribution in [0.1, 0.15) is 46.1 Å². The molecule has 2 aromatic carbocycles. The van der Waals surface area contributed by atoms with Gasteiger partial charge >= 0.3 is 11.7 Å². The number of carbonyl (C=O) groups is 1. The molecule has 0 aliphatic carbocycles. The van der Waals surface area contributed by atoms with E-state index >= 15 is 0 Å². The summed E-state index contributed by atoms with van der Waals surface area (Å²) in [6.45, 7) is 1.73. The number of aromatic nitrogens is 2. The van der Waals surface area contributed by atoms with Gasteiger partial charge < -0.3 is 9.84 Å². The molecular weight excluding hydrogens is 348 g/mol. The second-order valence-electron chi connectivity index (χ2n) is 6.33. The fraction of sp³-hybridized carbons (Fsp3) is 0.150. The van der Waals surface area contributed by atoms with Crippen LogP contribution in [0.2, 0.25) is 0 Å². The van der Waals surface area contributed by atoms with Crippen LogP contribution in [0.25, 0.3) is 0 Å². The summed E-state index contributed by atoms with van der Waals surface area (Å²) in [5, 5.41) is 10.8. The molecule has 0 bridgehead atoms. The lowest BCUT2D eigenvalue weighted by Crippen LogP contribution is -2.35. The van der Waals surface area contributed by atoms with E-state index in [4.69, 9.17) is 4.74 Å². The minimum absolute atomic E-state index is 0.171. The van der Waals surface area contributed by atoms with Gasteiger partial charge in [-0.1, -0.05) is 48.5 Å². The molecule has 7 nitrogen and oxygen atoms in total. The van der Waals surface area contributed by atoms with Crippen molar-refractivity contribution < 1.29 is 14.6 Å². The number of nitrogens with one attached hydrogen (secondary N) is 1. The molecule has 3 aromatic rings. The largest absolute Gasteiger partial charge is 0.494 e. The number of cyclic esters (lactones) is 1. The van der Waals surface area contributed by atoms with Crippen molar-refractivity contribution in [3.8, 4) is 5.88 Å². The summed E-state index contributed by atoms with van der Waals surface area (Å²) in [4.78, 5) is 39.2. The maximum absolute atomic E-state index is 12.5. The van der Waals surface area contributed by atoms with E-state index in [0.29, 0.717) is 11.1 Å². The molecule has 0 spiro atoms. The van der Waals surface area contributed by atoms with E-state index in [-0.39, 0.29) is 5.56 Å². The summed E-state index contributed by atoms with van der Waals surface area (Å²) >= 11 is 0. The number of carbonyl (C=O) groups excluding carboxylic acids is 1. The zero-order valence-corrected chi connectivity index (χ0v) is 14.4. The number of fused-ring (bicyclic) bond motifs is 1. The van der Waals surface area contributed by atoms with Gasteiger partial charge in [0.15, 0.2) is 6.10 Å². The van der Waals surface area contributed by atoms with Crippen LogP contribution < -0.4 is 11.2 Å². The molecule has 1 aliphatic rings. The van der Waals surface area contributed by atoms with E-state index in [1.165, 1.54) is 0 Å². The number of nitrogens with zero attached hydrogens (tertiary/aromatic N) is 1. The molecule has 0 fully saturated rings. The van der Waals surface area contributed by atoms with Gasteiger partial charge in [-0.15, -0.1) is 0 Å². The Labute approximate surface area is 153 Å². The van der Waals surface area contributed by atoms with Gasteiger partial charge in [-0.25, -0.2) is 9.59 Å². The predicted octanol–water partition coefficient (Wildman–Crippen LogP) is 2.11. The van der Waals surface area contributed by atoms with E-state index in [1.54, 1.807) is 31.2 Å². The number of benzene rings is 2. The molecule has 2 N–H and O–H groups in total. The number of hydrogen-bond acceptors (Lipinski definition) is 5. The van der Waals surface area contributed by atoms with Crippen molar-refractivity contribution in [2.24, 2.45) is 0 Å². The zero-order valence-electron chi connectivity index (χ0n) is 14.4. The number of esters is 1. The number of aromatic amines is 1. The number of aromatic hydroxyl groups is 1. The fourth-order valence-corrected chi connectivity index (χ4v) is 3.39. The normalized spacial score (nSPS) is 16.6. The lowest BCUT2D eigenvalue weighted by Gasteiger charge is -2.20. The molecular formula is C20H16N2O5. The molecule has 2 heterocycles. The summed E-state index contributed by atoms with van der Waals surface area (Å²) < 4.78 is 6.41. The maximum Gasteiger partial charge on any atom is 0.339 e. The molecule has 0 saturated heterocycles. The first-order valence-corrected chi connectivity index (χ1v) is 8.41. The molecule has 0 radical (unpaired) electrons. The second kappa shape index (κ2) is 6.28. The molecule has 0 unspecified atom stereocenters. The summed E-state index contributed by atoms with van der Waals surface area (Å²) in [7, 11) is 0. The van der Waals surface area contributed by atoms with Crippen LogP contribution in [0.15, 0.2) is 64.2 Å². The molecule has 1 aromatic heterocycles. The third-order valence-corrected chi connectivity index (χ3v) is 4.77. The number of ether oxygens (including phenoxy) is 1. The van der Waals surface area contributed by atoms with Crippen LogP contribution >= 0.6 is 0 Å². The van der Waals surface area contributed by atoms with Gasteiger partial charge in [0, 0.05) is 5.56 Å². The van der Waals surface area contributed by atoms with Crippen molar-refractivity contribution in [3.63, 3.8) is 0 Å². The number of rotatable bonds is 3. The SMILES string of the molecule is C[C@@H](c1ccccc1)n1c(O)c([C@H]2OC(=O)c3ccccc32)c(=O)[nH]c1=O. The quantitative estimate of drug-likeness (QED) is 0.693. The summed E-state index contributed by atoms with van der Waals surface area (Å²) in [6, 6.07) is 15.2. The Kier molecular flexibility index (Phi) is 3.92. The van der Waals surface area contributed by atoms with Crippen LogP contribution in [-0.2, 0) is 4.74 Å². The Morgan fingerprint density at radius 2 is 1.70 bits per heavy atom. The van der Waals surface area contributed by atoms with Gasteiger partial charge in [0.1, 0.15) is 5.56 Å². The lowest BCUT2D eigenvalue weighted by molar-refractivity contribution is 0.0448. The van der Waals surface area contributed by atoms with Gasteiger partial charge in [0.05, 0.1) is 11.6 Å². The molecule has 4 rings (SSSR count). The summed E-state index contributed by atoms with van der Waals surface area (Å²) in [5.74, 6) is -1.10. The van der Waals surface area contributed by atoms with Gasteiger partial charge in [-0.05, 0) is 18.6 Å². The standard InChI is InChI=1S/C20H16N2O5/c1-11(12-7-3-2-4-8-12)22-18(24)15(17(23)21-20(22)26)16-13-9-5-6-10-14(13)19(25)27-16/h2-11,16,24H,1H3,(H,21,23,26)/t11-,16-/m0/s1. The Balaban J connectivity index is 1.91. The van der Waals surface area contributed by atoms with Crippen LogP contribution in [0.5, 0.6) is 5.88 Å². The smallest absolute Gasteiger partial charge is 0.339 e. The number of H-pyrrole nitrogens is 1. The van der Waals surface area contributed by atoms with E-state index in [9.17, 15) is 19.5 Å². The number of hydrogen-bond donors (Lipinski definition) is 2. The maximum atomic E-state index is 12.5. The average molecular weight is 364 g/mol. The van der Waals surface area contributed by atoms with Crippen molar-refractivity contribution in [2.75, 3.05) is 0 Å². The van der Waals surface area contributed by atoms with Crippen LogP contribution in [0.4, 0.5) is 0 Å². The third kappa shape index (κ3) is 2.64. The highest BCUT2D eigenvalue weighted by Crippen LogP contribution is 2.37. The van der Waals surface area contributed by atoms with E-state index in [1.807, 2.05) is 30.3 Å². The lowest BCUT2D eigenvalue weighted by atomic mass is 10.0. The highest BCUT2D eigenvalue weighted by Gasteiger charge is 2.37. The van der Waals surface area contributed by atoms with Crippen LogP contribution in [-0.4, -0.2) is 20.6 Å². The van der Waals surface area contributed by atoms with E-state index in [2.05, 4.69) is 4.98 Å². The van der Waals surface area contributed by atoms with Crippen molar-refractivity contribution in [3.05, 3.63) is 97.7 Å². The summed E-state index contributed by atoms with van der Waals surface area (Å²) in [6.07, 6.45) is -1.08. The molecule has 2 atom stereocenters. The summed E-state index contributed by atoms with van der Waals surface area (Å²) in [5.41, 5.74) is -0.123. The third-order valence-electron chi connectivity index (χ3n) is 4.77. The first-order valence-electron chi connectivity index (χ1n) is 8.41. The molecule has 7 heteroatoms. The highest BCUT2D eigenvalue weighted by atomic mass is 16.5. The Hall–Kier alpha value is -3.61. The van der Waals surface area contributed by atoms with Gasteiger partial charge in [0.2, 0.25) is 5.88 Å². The fourth-order valence-electron chi connectivity index (χ4n) is 3.39. The Morgan fingerprint density at radius 1 is 1.04 bits per heavy atom. The molecule has 0 saturated carbocycles. The van der Waals surface area contributed by atoms with Crippen molar-refractivity contribution >= 4 is 5.97 Å². The molecule has 1 aliphatic heterocycles. The van der Waals surface area contributed by atoms with Crippen molar-refractivity contribution in [1.82, 2.24) is 9.55 Å². The monoisotopic (exact) mass is 364 g/mol. The van der Waals surface area contributed by atoms with Gasteiger partial charge in [-0.2, -0.15) is 0 Å². The minimum atomic E-state index is -1.08. The van der Waals surface area contributed by atoms with Crippen LogP contribution in [0, 0.1) is 0 Å². The Morgan fingerprint density at radius 3 is 2.44 bits per heavy atom. The highest BCUT2D eigenvalue weighted by molar-refractivity contribution is 5.94. The van der Waals surface area contributed by atoms with Crippen molar-refractivity contribution in [1.29, 1.82) is 0 Å². The van der Waals surface area contributed by atoms with E-state index < -0.39 is 35.2 Å². The van der Waals surface area contributed by atoms with Gasteiger partial charge in [-0.3, -0.25) is 14.3 Å². The zero-order chi connectivity index (χ0) is 19.1. The first-order chi connectivity index (χ1) is 13.0. The van der Waals surface area contributed by atoms with Crippen LogP contribution in [0.3, 0.4) is 0 Å². The van der Waals surface area contributed by atoms with Crippen molar-refractivity contribution in [2.45, 2.75) is 19.1 Å². The minimum Gasteiger partial charge on any atom is -0.494 e. The van der Waals surface area contributed by atoms with E-state index in [0.717, 1.165) is 10.1 Å². The topological polar surface area (TPSA) is 101 Å². The Bertz CT molecular complexity index is 1150. The second-order valence-corrected chi connectivity index (χ2v) is 6.33. The molecule has 136 valence electrons. The molecule has 27 heavy (non-hydrogen) atoms. The van der Waals surface area contributed by atoms with Gasteiger partial charge in [0.25, 0.3) is 5.56 Å². The predicted molar refractivity (Wildman–Crippen MR) is 96.9 cm³/mol. The molecule has 0 amide bonds. The average Bonchev–Trinajstić information content (AvgIpc) is 2.99.